The largest absolute Gasteiger partial charge is 0.330 e. The molecule has 1 saturated heterocycles. The van der Waals surface area contributed by atoms with Gasteiger partial charge in [-0.2, -0.15) is 0 Å². The number of hydrogen-bond acceptors (Lipinski definition) is 5. The number of carbonyl (C=O) groups is 3. The molecule has 7 nitrogen and oxygen atoms in total. The van der Waals surface area contributed by atoms with Crippen LogP contribution in [0.4, 0.5) is 0 Å². The molecule has 0 radical (unpaired) electrons. The van der Waals surface area contributed by atoms with E-state index in [-0.39, 0.29) is 29.6 Å². The lowest BCUT2D eigenvalue weighted by molar-refractivity contribution is -0.136. The Kier molecular flexibility index (Phi) is 5.31. The summed E-state index contributed by atoms with van der Waals surface area (Å²) < 4.78 is 0. The first kappa shape index (κ1) is 20.8. The second-order valence-electron chi connectivity index (χ2n) is 9.23. The number of rotatable bonds is 6. The van der Waals surface area contributed by atoms with Crippen molar-refractivity contribution in [2.45, 2.75) is 56.3 Å². The van der Waals surface area contributed by atoms with Gasteiger partial charge >= 0.3 is 0 Å². The van der Waals surface area contributed by atoms with Crippen molar-refractivity contribution in [1.29, 1.82) is 0 Å². The average Bonchev–Trinajstić information content (AvgIpc) is 3.10. The van der Waals surface area contributed by atoms with Crippen molar-refractivity contribution in [2.24, 2.45) is 5.73 Å². The van der Waals surface area contributed by atoms with Gasteiger partial charge in [0.05, 0.1) is 0 Å². The summed E-state index contributed by atoms with van der Waals surface area (Å²) in [6.45, 7) is 1.73. The summed E-state index contributed by atoms with van der Waals surface area (Å²) in [6, 6.07) is 16.2. The molecule has 0 bridgehead atoms. The highest BCUT2D eigenvalue weighted by atomic mass is 16.2. The monoisotopic (exact) mass is 432 g/mol. The van der Waals surface area contributed by atoms with Crippen LogP contribution >= 0.6 is 0 Å². The molecule has 3 aliphatic rings. The molecule has 2 aromatic carbocycles. The Morgan fingerprint density at radius 3 is 2.59 bits per heavy atom. The Labute approximate surface area is 187 Å². The number of hydrogen-bond donors (Lipinski definition) is 3. The van der Waals surface area contributed by atoms with Gasteiger partial charge in [-0.05, 0) is 42.0 Å². The Morgan fingerprint density at radius 1 is 1.09 bits per heavy atom. The first-order valence-electron chi connectivity index (χ1n) is 11.2. The number of imide groups is 1. The number of amides is 3. The summed E-state index contributed by atoms with van der Waals surface area (Å²) in [6.07, 6.45) is 2.65. The van der Waals surface area contributed by atoms with Gasteiger partial charge in [0.15, 0.2) is 0 Å². The molecule has 32 heavy (non-hydrogen) atoms. The Hall–Kier alpha value is -3.03. The SMILES string of the molecule is NCC1(c2ccccc2)CC(NCc2ccc3c(c2)C(=O)N(C2CCC(=O)NC2=O)C3)C1. The Balaban J connectivity index is 1.21. The molecule has 2 aromatic rings. The number of nitrogens with zero attached hydrogens (tertiary/aromatic N) is 1. The van der Waals surface area contributed by atoms with Gasteiger partial charge in [-0.3, -0.25) is 19.7 Å². The number of carbonyl (C=O) groups excluding carboxylic acids is 3. The molecule has 1 saturated carbocycles. The summed E-state index contributed by atoms with van der Waals surface area (Å²) in [5, 5.41) is 5.95. The third kappa shape index (κ3) is 3.61. The molecule has 1 atom stereocenters. The molecule has 4 N–H and O–H groups in total. The lowest BCUT2D eigenvalue weighted by atomic mass is 9.61. The first-order chi connectivity index (χ1) is 15.5. The summed E-state index contributed by atoms with van der Waals surface area (Å²) in [5.74, 6) is -0.784. The van der Waals surface area contributed by atoms with Gasteiger partial charge in [-0.1, -0.05) is 42.5 Å². The average molecular weight is 433 g/mol. The van der Waals surface area contributed by atoms with Crippen LogP contribution in [0.1, 0.15) is 52.7 Å². The van der Waals surface area contributed by atoms with Gasteiger partial charge in [0, 0.05) is 43.1 Å². The number of nitrogens with two attached hydrogens (primary N) is 1. The molecular weight excluding hydrogens is 404 g/mol. The van der Waals surface area contributed by atoms with E-state index in [0.29, 0.717) is 37.7 Å². The van der Waals surface area contributed by atoms with Crippen LogP contribution < -0.4 is 16.4 Å². The maximum absolute atomic E-state index is 13.0. The second-order valence-corrected chi connectivity index (χ2v) is 9.23. The van der Waals surface area contributed by atoms with Crippen molar-refractivity contribution in [3.8, 4) is 0 Å². The molecule has 3 amide bonds. The van der Waals surface area contributed by atoms with Crippen LogP contribution in [0.3, 0.4) is 0 Å². The van der Waals surface area contributed by atoms with Crippen molar-refractivity contribution < 1.29 is 14.4 Å². The van der Waals surface area contributed by atoms with Gasteiger partial charge in [0.25, 0.3) is 5.91 Å². The minimum Gasteiger partial charge on any atom is -0.330 e. The van der Waals surface area contributed by atoms with Crippen molar-refractivity contribution in [3.05, 3.63) is 70.8 Å². The van der Waals surface area contributed by atoms with E-state index in [1.165, 1.54) is 5.56 Å². The van der Waals surface area contributed by atoms with Crippen LogP contribution in [-0.4, -0.2) is 41.2 Å². The molecule has 0 aromatic heterocycles. The molecule has 7 heteroatoms. The van der Waals surface area contributed by atoms with Crippen molar-refractivity contribution in [3.63, 3.8) is 0 Å². The molecule has 1 aliphatic carbocycles. The fraction of sp³-hybridized carbons (Fsp3) is 0.400. The van der Waals surface area contributed by atoms with E-state index in [1.807, 2.05) is 24.3 Å². The first-order valence-corrected chi connectivity index (χ1v) is 11.2. The van der Waals surface area contributed by atoms with Crippen LogP contribution in [0, 0.1) is 0 Å². The minimum absolute atomic E-state index is 0.0509. The molecule has 2 heterocycles. The van der Waals surface area contributed by atoms with Crippen LogP contribution in [0.2, 0.25) is 0 Å². The standard InChI is InChI=1S/C25H28N4O3/c26-15-25(18-4-2-1-3-5-18)11-19(12-25)27-13-16-6-7-17-14-29(24(32)20(17)10-16)21-8-9-22(30)28-23(21)31/h1-7,10,19,21,27H,8-9,11-15,26H2,(H,28,30,31). The summed E-state index contributed by atoms with van der Waals surface area (Å²) in [5.41, 5.74) is 10.1. The highest BCUT2D eigenvalue weighted by Crippen LogP contribution is 2.43. The van der Waals surface area contributed by atoms with Gasteiger partial charge in [0.2, 0.25) is 11.8 Å². The molecule has 0 spiro atoms. The fourth-order valence-electron chi connectivity index (χ4n) is 5.31. The number of nitrogens with one attached hydrogen (secondary N) is 2. The van der Waals surface area contributed by atoms with E-state index < -0.39 is 6.04 Å². The minimum atomic E-state index is -0.577. The normalized spacial score (nSPS) is 27.2. The molecule has 2 fully saturated rings. The topological polar surface area (TPSA) is 105 Å². The number of benzene rings is 2. The Morgan fingerprint density at radius 2 is 1.88 bits per heavy atom. The third-order valence-corrected chi connectivity index (χ3v) is 7.24. The van der Waals surface area contributed by atoms with Gasteiger partial charge in [-0.25, -0.2) is 0 Å². The second kappa shape index (κ2) is 8.15. The van der Waals surface area contributed by atoms with Crippen LogP contribution in [0.5, 0.6) is 0 Å². The number of fused-ring (bicyclic) bond motifs is 1. The summed E-state index contributed by atoms with van der Waals surface area (Å²) in [7, 11) is 0. The molecule has 1 unspecified atom stereocenters. The molecule has 5 rings (SSSR count). The quantitative estimate of drug-likeness (QED) is 0.602. The highest BCUT2D eigenvalue weighted by molar-refractivity contribution is 6.05. The van der Waals surface area contributed by atoms with Crippen LogP contribution in [0.15, 0.2) is 48.5 Å². The van der Waals surface area contributed by atoms with Crippen molar-refractivity contribution >= 4 is 17.7 Å². The van der Waals surface area contributed by atoms with E-state index in [4.69, 9.17) is 5.73 Å². The van der Waals surface area contributed by atoms with E-state index in [9.17, 15) is 14.4 Å². The smallest absolute Gasteiger partial charge is 0.255 e. The molecule has 2 aliphatic heterocycles. The maximum atomic E-state index is 13.0. The van der Waals surface area contributed by atoms with Crippen LogP contribution in [-0.2, 0) is 28.1 Å². The zero-order valence-corrected chi connectivity index (χ0v) is 18.0. The third-order valence-electron chi connectivity index (χ3n) is 7.24. The molecule has 166 valence electrons. The lowest BCUT2D eigenvalue weighted by Crippen LogP contribution is -2.55. The lowest BCUT2D eigenvalue weighted by Gasteiger charge is -2.48. The van der Waals surface area contributed by atoms with E-state index >= 15 is 0 Å². The van der Waals surface area contributed by atoms with E-state index in [1.54, 1.807) is 4.90 Å². The van der Waals surface area contributed by atoms with Gasteiger partial charge in [0.1, 0.15) is 6.04 Å². The fourth-order valence-corrected chi connectivity index (χ4v) is 5.31. The Bertz CT molecular complexity index is 1060. The maximum Gasteiger partial charge on any atom is 0.255 e. The predicted octanol–water partition coefficient (Wildman–Crippen LogP) is 1.60. The summed E-state index contributed by atoms with van der Waals surface area (Å²) in [4.78, 5) is 38.2. The number of piperidine rings is 1. The summed E-state index contributed by atoms with van der Waals surface area (Å²) >= 11 is 0. The predicted molar refractivity (Wildman–Crippen MR) is 120 cm³/mol. The molecular formula is C25H28N4O3. The van der Waals surface area contributed by atoms with Crippen molar-refractivity contribution in [1.82, 2.24) is 15.5 Å². The van der Waals surface area contributed by atoms with Crippen molar-refractivity contribution in [2.75, 3.05) is 6.54 Å². The van der Waals surface area contributed by atoms with Gasteiger partial charge < -0.3 is 16.0 Å². The van der Waals surface area contributed by atoms with Gasteiger partial charge in [-0.15, -0.1) is 0 Å². The van der Waals surface area contributed by atoms with E-state index in [2.05, 4.69) is 34.9 Å². The zero-order chi connectivity index (χ0) is 22.3. The highest BCUT2D eigenvalue weighted by Gasteiger charge is 2.44. The van der Waals surface area contributed by atoms with E-state index in [0.717, 1.165) is 24.0 Å². The zero-order valence-electron chi connectivity index (χ0n) is 18.0. The van der Waals surface area contributed by atoms with Crippen LogP contribution in [0.25, 0.3) is 0 Å².